The third-order valence-corrected chi connectivity index (χ3v) is 5.88. The third-order valence-electron chi connectivity index (χ3n) is 5.88. The Balaban J connectivity index is 1.90. The van der Waals surface area contributed by atoms with Gasteiger partial charge in [0.05, 0.1) is 0 Å². The molecule has 1 amide bonds. The van der Waals surface area contributed by atoms with E-state index in [0.29, 0.717) is 11.6 Å². The van der Waals surface area contributed by atoms with Crippen molar-refractivity contribution in [1.29, 1.82) is 5.26 Å². The first-order valence-corrected chi connectivity index (χ1v) is 10.6. The topological polar surface area (TPSA) is 56.1 Å². The van der Waals surface area contributed by atoms with Gasteiger partial charge >= 0.3 is 0 Å². The van der Waals surface area contributed by atoms with Crippen LogP contribution in [-0.2, 0) is 4.79 Å². The highest BCUT2D eigenvalue weighted by molar-refractivity contribution is 6.09. The lowest BCUT2D eigenvalue weighted by Crippen LogP contribution is -2.48. The Morgan fingerprint density at radius 2 is 1.90 bits per heavy atom. The van der Waals surface area contributed by atoms with Gasteiger partial charge in [0, 0.05) is 23.5 Å². The predicted octanol–water partition coefficient (Wildman–Crippen LogP) is 5.96. The molecule has 2 aromatic rings. The predicted molar refractivity (Wildman–Crippen MR) is 125 cm³/mol. The first-order valence-electron chi connectivity index (χ1n) is 10.6. The maximum absolute atomic E-state index is 12.7. The number of hydrogen-bond acceptors (Lipinski definition) is 3. The number of nitriles is 1. The smallest absolute Gasteiger partial charge is 0.266 e. The largest absolute Gasteiger partial charge is 0.366 e. The highest BCUT2D eigenvalue weighted by Gasteiger charge is 2.35. The number of aryl methyl sites for hydroxylation is 2. The van der Waals surface area contributed by atoms with Gasteiger partial charge in [-0.25, -0.2) is 0 Å². The van der Waals surface area contributed by atoms with Crippen molar-refractivity contribution in [3.05, 3.63) is 64.2 Å². The second-order valence-corrected chi connectivity index (χ2v) is 8.98. The van der Waals surface area contributed by atoms with Crippen molar-refractivity contribution >= 4 is 23.4 Å². The minimum absolute atomic E-state index is 0.102. The Morgan fingerprint density at radius 1 is 1.23 bits per heavy atom. The molecular formula is C26H31N3O. The van der Waals surface area contributed by atoms with Crippen molar-refractivity contribution in [2.45, 2.75) is 59.4 Å². The average Bonchev–Trinajstić information content (AvgIpc) is 2.65. The third kappa shape index (κ3) is 4.41. The Labute approximate surface area is 180 Å². The number of anilines is 2. The normalized spacial score (nSPS) is 17.8. The Hall–Kier alpha value is -3.06. The number of benzene rings is 2. The molecule has 0 fully saturated rings. The van der Waals surface area contributed by atoms with Crippen molar-refractivity contribution in [3.63, 3.8) is 0 Å². The van der Waals surface area contributed by atoms with Gasteiger partial charge in [-0.3, -0.25) is 4.79 Å². The molecule has 1 N–H and O–H groups in total. The molecular weight excluding hydrogens is 370 g/mol. The van der Waals surface area contributed by atoms with Gasteiger partial charge in [-0.1, -0.05) is 19.1 Å². The highest BCUT2D eigenvalue weighted by atomic mass is 16.1. The zero-order valence-corrected chi connectivity index (χ0v) is 18.8. The number of nitrogens with zero attached hydrogens (tertiary/aromatic N) is 2. The summed E-state index contributed by atoms with van der Waals surface area (Å²) >= 11 is 0. The molecule has 0 unspecified atom stereocenters. The number of carbonyl (C=O) groups excluding carboxylic acids is 1. The summed E-state index contributed by atoms with van der Waals surface area (Å²) in [7, 11) is 0. The maximum atomic E-state index is 12.7. The van der Waals surface area contributed by atoms with Gasteiger partial charge < -0.3 is 10.2 Å². The van der Waals surface area contributed by atoms with Crippen LogP contribution < -0.4 is 10.2 Å². The van der Waals surface area contributed by atoms with Gasteiger partial charge in [-0.15, -0.1) is 0 Å². The lowest BCUT2D eigenvalue weighted by Gasteiger charge is -2.47. The van der Waals surface area contributed by atoms with Crippen LogP contribution in [0.5, 0.6) is 0 Å². The second-order valence-electron chi connectivity index (χ2n) is 8.98. The van der Waals surface area contributed by atoms with Crippen LogP contribution >= 0.6 is 0 Å². The minimum Gasteiger partial charge on any atom is -0.366 e. The number of nitrogens with one attached hydrogen (secondary N) is 1. The molecule has 4 nitrogen and oxygen atoms in total. The molecule has 30 heavy (non-hydrogen) atoms. The van der Waals surface area contributed by atoms with E-state index in [2.05, 4.69) is 56.1 Å². The molecule has 1 atom stereocenters. The summed E-state index contributed by atoms with van der Waals surface area (Å²) in [5.74, 6) is 0.0327. The summed E-state index contributed by atoms with van der Waals surface area (Å²) in [5, 5.41) is 12.5. The molecule has 1 aliphatic heterocycles. The van der Waals surface area contributed by atoms with Crippen molar-refractivity contribution in [1.82, 2.24) is 0 Å². The van der Waals surface area contributed by atoms with Gasteiger partial charge in [0.1, 0.15) is 11.6 Å². The van der Waals surface area contributed by atoms with Crippen LogP contribution in [-0.4, -0.2) is 18.0 Å². The molecule has 0 spiro atoms. The summed E-state index contributed by atoms with van der Waals surface area (Å²) in [6.07, 6.45) is 2.75. The fourth-order valence-electron chi connectivity index (χ4n) is 4.76. The molecule has 0 saturated carbocycles. The van der Waals surface area contributed by atoms with E-state index in [1.54, 1.807) is 6.08 Å². The number of rotatable bonds is 4. The van der Waals surface area contributed by atoms with Gasteiger partial charge in [0.25, 0.3) is 5.91 Å². The summed E-state index contributed by atoms with van der Waals surface area (Å²) < 4.78 is 0. The van der Waals surface area contributed by atoms with E-state index in [4.69, 9.17) is 0 Å². The quantitative estimate of drug-likeness (QED) is 0.508. The monoisotopic (exact) mass is 401 g/mol. The summed E-state index contributed by atoms with van der Waals surface area (Å²) in [5.41, 5.74) is 6.46. The van der Waals surface area contributed by atoms with Crippen molar-refractivity contribution in [2.75, 3.05) is 16.8 Å². The average molecular weight is 402 g/mol. The van der Waals surface area contributed by atoms with Gasteiger partial charge in [0.15, 0.2) is 0 Å². The fourth-order valence-corrected chi connectivity index (χ4v) is 4.76. The van der Waals surface area contributed by atoms with Gasteiger partial charge in [0.2, 0.25) is 0 Å². The first-order chi connectivity index (χ1) is 14.1. The molecule has 156 valence electrons. The molecule has 0 aromatic heterocycles. The summed E-state index contributed by atoms with van der Waals surface area (Å²) in [6, 6.07) is 14.2. The van der Waals surface area contributed by atoms with Crippen molar-refractivity contribution in [2.24, 2.45) is 0 Å². The molecule has 3 rings (SSSR count). The van der Waals surface area contributed by atoms with Gasteiger partial charge in [-0.2, -0.15) is 5.26 Å². The number of hydrogen-bond donors (Lipinski definition) is 1. The van der Waals surface area contributed by atoms with E-state index in [0.717, 1.165) is 29.7 Å². The molecule has 0 aliphatic carbocycles. The number of amides is 1. The zero-order valence-electron chi connectivity index (χ0n) is 18.8. The molecule has 0 radical (unpaired) electrons. The molecule has 1 heterocycles. The summed E-state index contributed by atoms with van der Waals surface area (Å²) in [6.45, 7) is 13.9. The zero-order chi connectivity index (χ0) is 22.1. The van der Waals surface area contributed by atoms with E-state index in [-0.39, 0.29) is 17.0 Å². The standard InChI is InChI=1S/C26H31N3O/c1-7-29-24-9-8-20(14-23(24)19(4)15-26(29,5)6)13-21(16-27)25(30)28-22-11-17(2)10-18(3)12-22/h8-14,19H,7,15H2,1-6H3,(H,28,30)/b21-13-/t19-/m0/s1. The molecule has 0 saturated heterocycles. The Kier molecular flexibility index (Phi) is 6.03. The van der Waals surface area contributed by atoms with Crippen LogP contribution in [0.1, 0.15) is 62.3 Å². The minimum atomic E-state index is -0.385. The Bertz CT molecular complexity index is 1020. The van der Waals surface area contributed by atoms with Gasteiger partial charge in [-0.05, 0) is 99.6 Å². The molecule has 0 bridgehead atoms. The van der Waals surface area contributed by atoms with Crippen LogP contribution in [0.3, 0.4) is 0 Å². The molecule has 2 aromatic carbocycles. The molecule has 4 heteroatoms. The van der Waals surface area contributed by atoms with E-state index in [9.17, 15) is 10.1 Å². The van der Waals surface area contributed by atoms with Crippen LogP contribution in [0.15, 0.2) is 42.0 Å². The van der Waals surface area contributed by atoms with Crippen molar-refractivity contribution in [3.8, 4) is 6.07 Å². The fraction of sp³-hybridized carbons (Fsp3) is 0.385. The molecule has 1 aliphatic rings. The first kappa shape index (κ1) is 21.6. The van der Waals surface area contributed by atoms with E-state index in [1.165, 1.54) is 11.3 Å². The Morgan fingerprint density at radius 3 is 2.50 bits per heavy atom. The van der Waals surface area contributed by atoms with E-state index < -0.39 is 0 Å². The SMILES string of the molecule is CCN1c2ccc(/C=C(/C#N)C(=O)Nc3cc(C)cc(C)c3)cc2[C@@H](C)CC1(C)C. The van der Waals surface area contributed by atoms with Crippen LogP contribution in [0.4, 0.5) is 11.4 Å². The van der Waals surface area contributed by atoms with E-state index in [1.807, 2.05) is 38.1 Å². The maximum Gasteiger partial charge on any atom is 0.266 e. The van der Waals surface area contributed by atoms with Crippen LogP contribution in [0.25, 0.3) is 6.08 Å². The highest BCUT2D eigenvalue weighted by Crippen LogP contribution is 2.43. The van der Waals surface area contributed by atoms with Crippen molar-refractivity contribution < 1.29 is 4.79 Å². The lowest BCUT2D eigenvalue weighted by molar-refractivity contribution is -0.112. The van der Waals surface area contributed by atoms with Crippen LogP contribution in [0.2, 0.25) is 0 Å². The lowest BCUT2D eigenvalue weighted by atomic mass is 9.79. The number of fused-ring (bicyclic) bond motifs is 1. The van der Waals surface area contributed by atoms with Crippen LogP contribution in [0, 0.1) is 25.2 Å². The second kappa shape index (κ2) is 8.36. The van der Waals surface area contributed by atoms with E-state index >= 15 is 0 Å². The summed E-state index contributed by atoms with van der Waals surface area (Å²) in [4.78, 5) is 15.1. The number of carbonyl (C=O) groups is 1.